The molecule has 1 fully saturated rings. The molecule has 5 heteroatoms. The van der Waals surface area contributed by atoms with Crippen LogP contribution in [0.5, 0.6) is 0 Å². The fourth-order valence-electron chi connectivity index (χ4n) is 3.14. The predicted octanol–water partition coefficient (Wildman–Crippen LogP) is 2.61. The molecule has 1 saturated heterocycles. The van der Waals surface area contributed by atoms with Crippen LogP contribution in [-0.2, 0) is 4.79 Å². The van der Waals surface area contributed by atoms with Gasteiger partial charge in [0.2, 0.25) is 0 Å². The summed E-state index contributed by atoms with van der Waals surface area (Å²) in [5.41, 5.74) is 0.976. The first-order valence-corrected chi connectivity index (χ1v) is 9.57. The predicted molar refractivity (Wildman–Crippen MR) is 105 cm³/mol. The molecule has 4 N–H and O–H groups in total. The number of aliphatic carboxylic acids is 1. The summed E-state index contributed by atoms with van der Waals surface area (Å²) in [5.74, 6) is -0.438. The molecule has 0 saturated carbocycles. The number of amides is 1. The minimum Gasteiger partial charge on any atom is -0.479 e. The molecule has 3 rings (SSSR count). The maximum absolute atomic E-state index is 12.0. The first-order valence-electron chi connectivity index (χ1n) is 9.57. The van der Waals surface area contributed by atoms with Crippen molar-refractivity contribution in [1.29, 1.82) is 0 Å². The van der Waals surface area contributed by atoms with Crippen LogP contribution in [0.1, 0.15) is 48.1 Å². The molecule has 1 amide bonds. The molecule has 2 aromatic carbocycles. The summed E-state index contributed by atoms with van der Waals surface area (Å²) in [5, 5.41) is 14.1. The molecular formula is C22H29N2O3+. The topological polar surface area (TPSA) is 83.0 Å². The van der Waals surface area contributed by atoms with E-state index in [4.69, 9.17) is 0 Å². The minimum atomic E-state index is -1.09. The zero-order chi connectivity index (χ0) is 19.5. The van der Waals surface area contributed by atoms with Crippen molar-refractivity contribution in [3.8, 4) is 0 Å². The van der Waals surface area contributed by atoms with E-state index in [0.29, 0.717) is 11.1 Å². The summed E-state index contributed by atoms with van der Waals surface area (Å²) >= 11 is 0. The van der Waals surface area contributed by atoms with Crippen LogP contribution in [0.3, 0.4) is 0 Å². The average molecular weight is 369 g/mol. The Morgan fingerprint density at radius 3 is 2.07 bits per heavy atom. The number of nitrogens with one attached hydrogen (secondary N) is 1. The second-order valence-corrected chi connectivity index (χ2v) is 6.74. The van der Waals surface area contributed by atoms with Gasteiger partial charge in [-0.2, -0.15) is 0 Å². The summed E-state index contributed by atoms with van der Waals surface area (Å²) in [7, 11) is 0. The Morgan fingerprint density at radius 1 is 1.04 bits per heavy atom. The number of carbonyl (C=O) groups is 2. The highest BCUT2D eigenvalue weighted by Crippen LogP contribution is 2.14. The van der Waals surface area contributed by atoms with E-state index >= 15 is 0 Å². The lowest BCUT2D eigenvalue weighted by atomic mass is 9.96. The number of carboxylic acid groups (broad SMARTS) is 1. The average Bonchev–Trinajstić information content (AvgIpc) is 2.74. The second kappa shape index (κ2) is 11.1. The lowest BCUT2D eigenvalue weighted by Gasteiger charge is -2.17. The van der Waals surface area contributed by atoms with Gasteiger partial charge in [0.15, 0.2) is 6.04 Å². The first-order chi connectivity index (χ1) is 13.1. The maximum Gasteiger partial charge on any atom is 0.330 e. The fraction of sp³-hybridized carbons (Fsp3) is 0.364. The van der Waals surface area contributed by atoms with Crippen molar-refractivity contribution in [1.82, 2.24) is 5.32 Å². The van der Waals surface area contributed by atoms with Gasteiger partial charge in [0.25, 0.3) is 5.91 Å². The number of piperidine rings is 1. The molecule has 2 aromatic rings. The fourth-order valence-corrected chi connectivity index (χ4v) is 3.14. The van der Waals surface area contributed by atoms with Crippen molar-refractivity contribution in [3.05, 3.63) is 71.8 Å². The summed E-state index contributed by atoms with van der Waals surface area (Å²) in [6.45, 7) is 5.05. The Labute approximate surface area is 160 Å². The van der Waals surface area contributed by atoms with E-state index in [9.17, 15) is 14.7 Å². The van der Waals surface area contributed by atoms with Gasteiger partial charge in [-0.05, 0) is 36.5 Å². The molecule has 27 heavy (non-hydrogen) atoms. The molecule has 1 unspecified atom stereocenters. The van der Waals surface area contributed by atoms with E-state index in [1.54, 1.807) is 60.7 Å². The van der Waals surface area contributed by atoms with Gasteiger partial charge in [-0.1, -0.05) is 61.9 Å². The Morgan fingerprint density at radius 2 is 1.59 bits per heavy atom. The number of nitrogens with two attached hydrogens (primary N) is 1. The number of benzene rings is 2. The molecule has 1 aliphatic rings. The van der Waals surface area contributed by atoms with Crippen LogP contribution in [0.2, 0.25) is 0 Å². The number of rotatable bonds is 5. The highest BCUT2D eigenvalue weighted by Gasteiger charge is 2.22. The number of hydrogen-bond acceptors (Lipinski definition) is 2. The van der Waals surface area contributed by atoms with Crippen molar-refractivity contribution < 1.29 is 20.0 Å². The molecule has 5 nitrogen and oxygen atoms in total. The van der Waals surface area contributed by atoms with E-state index in [1.807, 2.05) is 0 Å². The van der Waals surface area contributed by atoms with Gasteiger partial charge < -0.3 is 15.7 Å². The molecule has 0 spiro atoms. The Bertz CT molecular complexity index is 698. The quantitative estimate of drug-likeness (QED) is 0.758. The molecular weight excluding hydrogens is 340 g/mol. The first kappa shape index (κ1) is 20.6. The van der Waals surface area contributed by atoms with Gasteiger partial charge in [0, 0.05) is 5.56 Å². The number of hydrogen-bond donors (Lipinski definition) is 3. The Balaban J connectivity index is 0.000000273. The Kier molecular flexibility index (Phi) is 8.52. The third-order valence-corrected chi connectivity index (χ3v) is 4.83. The zero-order valence-electron chi connectivity index (χ0n) is 15.8. The van der Waals surface area contributed by atoms with Crippen LogP contribution < -0.4 is 10.6 Å². The second-order valence-electron chi connectivity index (χ2n) is 6.74. The zero-order valence-corrected chi connectivity index (χ0v) is 15.8. The van der Waals surface area contributed by atoms with Gasteiger partial charge in [-0.25, -0.2) is 4.79 Å². The summed E-state index contributed by atoms with van der Waals surface area (Å²) in [4.78, 5) is 23.2. The molecule has 1 aliphatic heterocycles. The van der Waals surface area contributed by atoms with Gasteiger partial charge in [-0.15, -0.1) is 0 Å². The largest absolute Gasteiger partial charge is 0.479 e. The van der Waals surface area contributed by atoms with Crippen molar-refractivity contribution in [2.45, 2.75) is 32.2 Å². The van der Waals surface area contributed by atoms with E-state index < -0.39 is 17.9 Å². The van der Waals surface area contributed by atoms with Crippen LogP contribution in [0.15, 0.2) is 60.7 Å². The van der Waals surface area contributed by atoms with E-state index in [0.717, 1.165) is 5.92 Å². The molecule has 1 atom stereocenters. The number of quaternary nitrogens is 1. The third-order valence-electron chi connectivity index (χ3n) is 4.83. The van der Waals surface area contributed by atoms with Crippen LogP contribution in [0, 0.1) is 5.92 Å². The normalized spacial score (nSPS) is 15.1. The van der Waals surface area contributed by atoms with Crippen molar-refractivity contribution >= 4 is 11.9 Å². The SMILES string of the molecule is CCC1CC[NH2+]CC1.O=C(NC(C(=O)O)c1ccccc1)c1ccccc1. The maximum atomic E-state index is 12.0. The molecule has 1 heterocycles. The van der Waals surface area contributed by atoms with Gasteiger partial charge in [0.1, 0.15) is 0 Å². The molecule has 0 aromatic heterocycles. The van der Waals surface area contributed by atoms with Crippen LogP contribution in [-0.4, -0.2) is 30.1 Å². The molecule has 144 valence electrons. The monoisotopic (exact) mass is 369 g/mol. The van der Waals surface area contributed by atoms with E-state index in [2.05, 4.69) is 17.6 Å². The Hall–Kier alpha value is -2.66. The molecule has 0 radical (unpaired) electrons. The van der Waals surface area contributed by atoms with Crippen LogP contribution >= 0.6 is 0 Å². The summed E-state index contributed by atoms with van der Waals surface area (Å²) in [6, 6.07) is 16.1. The van der Waals surface area contributed by atoms with Gasteiger partial charge in [0.05, 0.1) is 13.1 Å². The van der Waals surface area contributed by atoms with Crippen molar-refractivity contribution in [2.75, 3.05) is 13.1 Å². The molecule has 0 bridgehead atoms. The number of carbonyl (C=O) groups excluding carboxylic acids is 1. The highest BCUT2D eigenvalue weighted by molar-refractivity contribution is 5.96. The highest BCUT2D eigenvalue weighted by atomic mass is 16.4. The van der Waals surface area contributed by atoms with Crippen molar-refractivity contribution in [2.24, 2.45) is 5.92 Å². The van der Waals surface area contributed by atoms with Gasteiger partial charge >= 0.3 is 5.97 Å². The van der Waals surface area contributed by atoms with Gasteiger partial charge in [-0.3, -0.25) is 4.79 Å². The lowest BCUT2D eigenvalue weighted by Crippen LogP contribution is -2.86. The number of carboxylic acids is 1. The minimum absolute atomic E-state index is 0.406. The van der Waals surface area contributed by atoms with E-state index in [1.165, 1.54) is 32.4 Å². The molecule has 0 aliphatic carbocycles. The smallest absolute Gasteiger partial charge is 0.330 e. The van der Waals surface area contributed by atoms with E-state index in [-0.39, 0.29) is 0 Å². The van der Waals surface area contributed by atoms with Crippen LogP contribution in [0.25, 0.3) is 0 Å². The summed E-state index contributed by atoms with van der Waals surface area (Å²) < 4.78 is 0. The lowest BCUT2D eigenvalue weighted by molar-refractivity contribution is -0.664. The van der Waals surface area contributed by atoms with Crippen molar-refractivity contribution in [3.63, 3.8) is 0 Å². The summed E-state index contributed by atoms with van der Waals surface area (Å²) in [6.07, 6.45) is 4.31. The third kappa shape index (κ3) is 6.87. The standard InChI is InChI=1S/C15H13NO3.C7H15N/c17-14(12-9-5-2-6-10-12)16-13(15(18)19)11-7-3-1-4-8-11;1-2-7-3-5-8-6-4-7/h1-10,13H,(H,16,17)(H,18,19);7-8H,2-6H2,1H3/p+1. The van der Waals surface area contributed by atoms with Crippen LogP contribution in [0.4, 0.5) is 0 Å².